The summed E-state index contributed by atoms with van der Waals surface area (Å²) in [6, 6.07) is 6.34. The maximum absolute atomic E-state index is 12.9. The third kappa shape index (κ3) is 6.07. The van der Waals surface area contributed by atoms with E-state index in [9.17, 15) is 9.59 Å². The van der Waals surface area contributed by atoms with Gasteiger partial charge in [-0.15, -0.1) is 0 Å². The molecule has 5 N–H and O–H groups in total. The summed E-state index contributed by atoms with van der Waals surface area (Å²) in [5.74, 6) is -0.734. The zero-order valence-corrected chi connectivity index (χ0v) is 18.3. The number of hydrogen-bond donors (Lipinski definition) is 3. The lowest BCUT2D eigenvalue weighted by atomic mass is 9.87. The molecule has 2 rings (SSSR count). The molecule has 1 amide bonds. The molecule has 0 aliphatic carbocycles. The number of amides is 1. The highest BCUT2D eigenvalue weighted by Crippen LogP contribution is 2.30. The number of nitrogen functional groups attached to an aromatic ring is 1. The number of primary amides is 1. The molecule has 1 heterocycles. The Morgan fingerprint density at radius 2 is 1.97 bits per heavy atom. The zero-order valence-electron chi connectivity index (χ0n) is 17.5. The molecule has 0 spiro atoms. The maximum Gasteiger partial charge on any atom is 0.220 e. The summed E-state index contributed by atoms with van der Waals surface area (Å²) in [6.07, 6.45) is 4.91. The van der Waals surface area contributed by atoms with Crippen LogP contribution in [-0.2, 0) is 4.79 Å². The molecular weight excluding hydrogens is 402 g/mol. The SMILES string of the molecule is CC(C)=CC(=N)C(CCC[C@@H](C)C(N)=O)c1coc(-c2cc(Cl)ccc2N)cc1=O. The minimum atomic E-state index is -0.443. The summed E-state index contributed by atoms with van der Waals surface area (Å²) in [5, 5.41) is 8.96. The monoisotopic (exact) mass is 429 g/mol. The van der Waals surface area contributed by atoms with Gasteiger partial charge in [0.15, 0.2) is 5.43 Å². The largest absolute Gasteiger partial charge is 0.464 e. The smallest absolute Gasteiger partial charge is 0.220 e. The molecule has 0 aliphatic heterocycles. The van der Waals surface area contributed by atoms with E-state index in [-0.39, 0.29) is 17.3 Å². The van der Waals surface area contributed by atoms with Gasteiger partial charge in [-0.1, -0.05) is 30.5 Å². The second-order valence-corrected chi connectivity index (χ2v) is 8.20. The van der Waals surface area contributed by atoms with Crippen molar-refractivity contribution >= 4 is 28.9 Å². The van der Waals surface area contributed by atoms with Crippen molar-refractivity contribution in [3.8, 4) is 11.3 Å². The average molecular weight is 430 g/mol. The van der Waals surface area contributed by atoms with Crippen molar-refractivity contribution in [2.24, 2.45) is 11.7 Å². The third-order valence-electron chi connectivity index (χ3n) is 4.95. The van der Waals surface area contributed by atoms with Crippen molar-refractivity contribution in [1.29, 1.82) is 5.41 Å². The molecule has 1 aromatic carbocycles. The van der Waals surface area contributed by atoms with E-state index >= 15 is 0 Å². The molecule has 2 atom stereocenters. The minimum absolute atomic E-state index is 0.240. The summed E-state index contributed by atoms with van der Waals surface area (Å²) in [4.78, 5) is 24.2. The highest BCUT2D eigenvalue weighted by molar-refractivity contribution is 6.31. The number of rotatable bonds is 9. The lowest BCUT2D eigenvalue weighted by molar-refractivity contribution is -0.121. The average Bonchev–Trinajstić information content (AvgIpc) is 2.66. The van der Waals surface area contributed by atoms with Crippen LogP contribution < -0.4 is 16.9 Å². The number of carbonyl (C=O) groups is 1. The van der Waals surface area contributed by atoms with Gasteiger partial charge in [0.2, 0.25) is 5.91 Å². The number of allylic oxidation sites excluding steroid dienone is 2. The van der Waals surface area contributed by atoms with Crippen molar-refractivity contribution in [3.05, 3.63) is 63.0 Å². The van der Waals surface area contributed by atoms with E-state index in [1.165, 1.54) is 12.3 Å². The first kappa shape index (κ1) is 23.4. The first-order valence-electron chi connectivity index (χ1n) is 9.81. The lowest BCUT2D eigenvalue weighted by Gasteiger charge is -2.17. The van der Waals surface area contributed by atoms with Gasteiger partial charge in [-0.25, -0.2) is 0 Å². The Morgan fingerprint density at radius 3 is 2.57 bits per heavy atom. The molecule has 0 aliphatic rings. The van der Waals surface area contributed by atoms with Gasteiger partial charge in [-0.2, -0.15) is 0 Å². The van der Waals surface area contributed by atoms with E-state index in [1.807, 2.05) is 13.8 Å². The molecule has 0 bridgehead atoms. The topological polar surface area (TPSA) is 123 Å². The molecule has 0 saturated heterocycles. The number of nitrogens with one attached hydrogen (secondary N) is 1. The molecule has 1 unspecified atom stereocenters. The predicted molar refractivity (Wildman–Crippen MR) is 122 cm³/mol. The molecule has 30 heavy (non-hydrogen) atoms. The van der Waals surface area contributed by atoms with Crippen molar-refractivity contribution in [2.45, 2.75) is 46.0 Å². The van der Waals surface area contributed by atoms with Crippen LogP contribution in [0.1, 0.15) is 51.5 Å². The summed E-state index contributed by atoms with van der Waals surface area (Å²) in [5.41, 5.74) is 13.8. The number of anilines is 1. The fourth-order valence-corrected chi connectivity index (χ4v) is 3.39. The Bertz CT molecular complexity index is 1020. The Hall–Kier alpha value is -2.86. The van der Waals surface area contributed by atoms with Crippen molar-refractivity contribution in [3.63, 3.8) is 0 Å². The van der Waals surface area contributed by atoms with E-state index in [0.29, 0.717) is 52.6 Å². The van der Waals surface area contributed by atoms with Gasteiger partial charge in [-0.05, 0) is 51.0 Å². The minimum Gasteiger partial charge on any atom is -0.464 e. The molecule has 0 fully saturated rings. The van der Waals surface area contributed by atoms with Crippen LogP contribution in [0.4, 0.5) is 5.69 Å². The number of carbonyl (C=O) groups excluding carboxylic acids is 1. The fraction of sp³-hybridized carbons (Fsp3) is 0.348. The summed E-state index contributed by atoms with van der Waals surface area (Å²) >= 11 is 6.04. The third-order valence-corrected chi connectivity index (χ3v) is 5.19. The van der Waals surface area contributed by atoms with Crippen LogP contribution in [0.25, 0.3) is 11.3 Å². The van der Waals surface area contributed by atoms with Crippen LogP contribution >= 0.6 is 11.6 Å². The maximum atomic E-state index is 12.9. The highest BCUT2D eigenvalue weighted by atomic mass is 35.5. The van der Waals surface area contributed by atoms with E-state index in [0.717, 1.165) is 5.57 Å². The van der Waals surface area contributed by atoms with Gasteiger partial charge in [0, 0.05) is 45.5 Å². The number of halogens is 1. The highest BCUT2D eigenvalue weighted by Gasteiger charge is 2.21. The second-order valence-electron chi connectivity index (χ2n) is 7.76. The Labute approximate surface area is 181 Å². The summed E-state index contributed by atoms with van der Waals surface area (Å²) in [7, 11) is 0. The number of benzene rings is 1. The van der Waals surface area contributed by atoms with Gasteiger partial charge >= 0.3 is 0 Å². The molecule has 6 nitrogen and oxygen atoms in total. The fourth-order valence-electron chi connectivity index (χ4n) is 3.22. The van der Waals surface area contributed by atoms with Crippen LogP contribution in [0.3, 0.4) is 0 Å². The quantitative estimate of drug-likeness (QED) is 0.387. The van der Waals surface area contributed by atoms with Gasteiger partial charge in [0.1, 0.15) is 5.76 Å². The van der Waals surface area contributed by atoms with E-state index in [4.69, 9.17) is 32.9 Å². The number of hydrogen-bond acceptors (Lipinski definition) is 5. The van der Waals surface area contributed by atoms with Crippen molar-refractivity contribution in [1.82, 2.24) is 0 Å². The molecule has 2 aromatic rings. The van der Waals surface area contributed by atoms with Gasteiger partial charge < -0.3 is 21.3 Å². The molecule has 0 radical (unpaired) electrons. The van der Waals surface area contributed by atoms with Crippen molar-refractivity contribution in [2.75, 3.05) is 5.73 Å². The van der Waals surface area contributed by atoms with Crippen LogP contribution in [0, 0.1) is 11.3 Å². The Morgan fingerprint density at radius 1 is 1.27 bits per heavy atom. The van der Waals surface area contributed by atoms with Crippen LogP contribution in [0.15, 0.2) is 51.4 Å². The molecule has 160 valence electrons. The first-order valence-corrected chi connectivity index (χ1v) is 10.2. The van der Waals surface area contributed by atoms with Crippen LogP contribution in [-0.4, -0.2) is 11.6 Å². The lowest BCUT2D eigenvalue weighted by Crippen LogP contribution is -2.22. The van der Waals surface area contributed by atoms with Crippen LogP contribution in [0.5, 0.6) is 0 Å². The van der Waals surface area contributed by atoms with E-state index < -0.39 is 5.92 Å². The molecule has 1 aromatic heterocycles. The molecule has 7 heteroatoms. The summed E-state index contributed by atoms with van der Waals surface area (Å²) < 4.78 is 5.73. The van der Waals surface area contributed by atoms with Gasteiger partial charge in [0.05, 0.1) is 6.26 Å². The normalized spacial score (nSPS) is 12.8. The predicted octanol–water partition coefficient (Wildman–Crippen LogP) is 4.90. The van der Waals surface area contributed by atoms with Gasteiger partial charge in [-0.3, -0.25) is 9.59 Å². The van der Waals surface area contributed by atoms with E-state index in [1.54, 1.807) is 31.2 Å². The first-order chi connectivity index (χ1) is 14.1. The number of nitrogens with two attached hydrogens (primary N) is 2. The second kappa shape index (κ2) is 10.3. The Kier molecular flexibility index (Phi) is 8.00. The zero-order chi connectivity index (χ0) is 22.4. The van der Waals surface area contributed by atoms with Gasteiger partial charge in [0.25, 0.3) is 0 Å². The van der Waals surface area contributed by atoms with Crippen molar-refractivity contribution < 1.29 is 9.21 Å². The standard InChI is InChI=1S/C23H28ClN3O3/c1-13(2)9-20(26)16(6-4-5-14(3)23(27)29)18-12-30-22(11-21(18)28)17-10-15(24)7-8-19(17)25/h7-12,14,16,26H,4-6,25H2,1-3H3,(H2,27,29)/t14-,16?/m1/s1. The van der Waals surface area contributed by atoms with Crippen LogP contribution in [0.2, 0.25) is 5.02 Å². The molecule has 0 saturated carbocycles. The van der Waals surface area contributed by atoms with E-state index in [2.05, 4.69) is 0 Å². The Balaban J connectivity index is 2.36. The molecular formula is C23H28ClN3O3. The summed E-state index contributed by atoms with van der Waals surface area (Å²) in [6.45, 7) is 5.57.